The smallest absolute Gasteiger partial charge is 0.445 e. The monoisotopic (exact) mass is 467 g/mol. The van der Waals surface area contributed by atoms with Crippen molar-refractivity contribution in [3.63, 3.8) is 0 Å². The summed E-state index contributed by atoms with van der Waals surface area (Å²) in [6.45, 7) is 4.61. The van der Waals surface area contributed by atoms with Crippen LogP contribution in [-0.4, -0.2) is 83.7 Å². The molecule has 2 aliphatic heterocycles. The van der Waals surface area contributed by atoms with Crippen LogP contribution in [0.15, 0.2) is 11.8 Å². The lowest BCUT2D eigenvalue weighted by Crippen LogP contribution is -2.80. The van der Waals surface area contributed by atoms with Gasteiger partial charge in [-0.05, 0) is 19.4 Å². The van der Waals surface area contributed by atoms with Crippen molar-refractivity contribution in [3.8, 4) is 0 Å². The van der Waals surface area contributed by atoms with Crippen molar-refractivity contribution in [1.29, 1.82) is 0 Å². The number of fused-ring (bicyclic) bond motifs is 1. The number of carbonyl (C=O) groups excluding carboxylic acids is 4. The number of esters is 1. The van der Waals surface area contributed by atoms with Crippen LogP contribution in [-0.2, 0) is 28.5 Å². The van der Waals surface area contributed by atoms with Crippen molar-refractivity contribution in [2.24, 2.45) is 5.73 Å². The highest BCUT2D eigenvalue weighted by atomic mass is 35.5. The van der Waals surface area contributed by atoms with Gasteiger partial charge >= 0.3 is 18.2 Å². The number of thioether (sulfide) groups is 1. The van der Waals surface area contributed by atoms with Gasteiger partial charge in [0.1, 0.15) is 12.0 Å². The Hall–Kier alpha value is -2.18. The molecular formula is C17H26ClN3O8S. The van der Waals surface area contributed by atoms with Crippen LogP contribution >= 0.6 is 24.2 Å². The molecule has 13 heteroatoms. The molecule has 2 unspecified atom stereocenters. The van der Waals surface area contributed by atoms with Crippen LogP contribution in [0.5, 0.6) is 0 Å². The molecule has 30 heavy (non-hydrogen) atoms. The maximum Gasteiger partial charge on any atom is 0.511 e. The van der Waals surface area contributed by atoms with E-state index in [4.69, 9.17) is 24.7 Å². The number of nitrogens with zero attached hydrogens (tertiary/aromatic N) is 2. The summed E-state index contributed by atoms with van der Waals surface area (Å²) in [7, 11) is 3.12. The molecule has 0 bridgehead atoms. The van der Waals surface area contributed by atoms with Crippen LogP contribution in [0.3, 0.4) is 0 Å². The summed E-state index contributed by atoms with van der Waals surface area (Å²) >= 11 is 1.24. The first kappa shape index (κ1) is 25.9. The number of halogens is 1. The fourth-order valence-corrected chi connectivity index (χ4v) is 3.82. The Morgan fingerprint density at radius 3 is 2.47 bits per heavy atom. The third kappa shape index (κ3) is 5.49. The molecule has 170 valence electrons. The van der Waals surface area contributed by atoms with Gasteiger partial charge in [0.2, 0.25) is 11.8 Å². The third-order valence-corrected chi connectivity index (χ3v) is 5.38. The van der Waals surface area contributed by atoms with Crippen LogP contribution in [0, 0.1) is 0 Å². The highest BCUT2D eigenvalue weighted by molar-refractivity contribution is 8.00. The highest BCUT2D eigenvalue weighted by Crippen LogP contribution is 2.42. The van der Waals surface area contributed by atoms with Crippen molar-refractivity contribution in [3.05, 3.63) is 11.8 Å². The van der Waals surface area contributed by atoms with Crippen LogP contribution < -0.4 is 5.73 Å². The predicted octanol–water partition coefficient (Wildman–Crippen LogP) is 1.05. The average molecular weight is 468 g/mol. The minimum Gasteiger partial charge on any atom is -0.445 e. The third-order valence-electron chi connectivity index (χ3n) is 3.93. The number of β-lactam (4-membered cyclic amide) rings is 1. The van der Waals surface area contributed by atoms with Crippen LogP contribution in [0.2, 0.25) is 0 Å². The Bertz CT molecular complexity index is 732. The van der Waals surface area contributed by atoms with E-state index in [0.29, 0.717) is 11.3 Å². The van der Waals surface area contributed by atoms with Gasteiger partial charge in [0.25, 0.3) is 5.91 Å². The van der Waals surface area contributed by atoms with E-state index < -0.39 is 47.4 Å². The molecule has 0 aromatic carbocycles. The van der Waals surface area contributed by atoms with E-state index in [0.717, 1.165) is 0 Å². The van der Waals surface area contributed by atoms with E-state index in [1.807, 2.05) is 0 Å². The number of nitrogens with two attached hydrogens (primary N) is 1. The Balaban J connectivity index is 0.00000450. The first-order valence-electron chi connectivity index (χ1n) is 8.82. The summed E-state index contributed by atoms with van der Waals surface area (Å²) in [4.78, 5) is 50.5. The van der Waals surface area contributed by atoms with Gasteiger partial charge in [0, 0.05) is 33.0 Å². The van der Waals surface area contributed by atoms with Crippen molar-refractivity contribution >= 4 is 48.3 Å². The molecule has 1 saturated heterocycles. The van der Waals surface area contributed by atoms with Crippen molar-refractivity contribution in [2.75, 3.05) is 26.5 Å². The van der Waals surface area contributed by atoms with Crippen molar-refractivity contribution < 1.29 is 38.1 Å². The van der Waals surface area contributed by atoms with Gasteiger partial charge < -0.3 is 34.5 Å². The maximum atomic E-state index is 12.5. The van der Waals surface area contributed by atoms with E-state index in [1.54, 1.807) is 27.9 Å². The summed E-state index contributed by atoms with van der Waals surface area (Å²) in [6.07, 6.45) is -1.66. The zero-order valence-corrected chi connectivity index (χ0v) is 18.9. The van der Waals surface area contributed by atoms with Crippen molar-refractivity contribution in [2.45, 2.75) is 44.1 Å². The van der Waals surface area contributed by atoms with Crippen LogP contribution in [0.25, 0.3) is 0 Å². The largest absolute Gasteiger partial charge is 0.511 e. The van der Waals surface area contributed by atoms with Gasteiger partial charge in [0.05, 0.1) is 6.10 Å². The Morgan fingerprint density at radius 1 is 1.27 bits per heavy atom. The number of rotatable bonds is 6. The summed E-state index contributed by atoms with van der Waals surface area (Å²) in [6, 6.07) is 0. The van der Waals surface area contributed by atoms with Crippen LogP contribution in [0.4, 0.5) is 9.59 Å². The lowest BCUT2D eigenvalue weighted by molar-refractivity contribution is -0.185. The van der Waals surface area contributed by atoms with Gasteiger partial charge in [-0.25, -0.2) is 14.4 Å². The van der Waals surface area contributed by atoms with Gasteiger partial charge in [0.15, 0.2) is 0 Å². The number of hydrogen-bond acceptors (Lipinski definition) is 10. The topological polar surface area (TPSA) is 138 Å². The number of carbonyl (C=O) groups is 4. The minimum absolute atomic E-state index is 0. The summed E-state index contributed by atoms with van der Waals surface area (Å²) in [5.74, 6) is -1.25. The van der Waals surface area contributed by atoms with Gasteiger partial charge in [-0.2, -0.15) is 0 Å². The van der Waals surface area contributed by atoms with E-state index in [-0.39, 0.29) is 19.0 Å². The van der Waals surface area contributed by atoms with Gasteiger partial charge in [-0.15, -0.1) is 24.2 Å². The molecule has 11 nitrogen and oxygen atoms in total. The molecule has 2 N–H and O–H groups in total. The summed E-state index contributed by atoms with van der Waals surface area (Å²) < 4.78 is 19.7. The summed E-state index contributed by atoms with van der Waals surface area (Å²) in [5, 5.41) is -0.675. The molecule has 0 aromatic rings. The Morgan fingerprint density at radius 2 is 1.90 bits per heavy atom. The highest BCUT2D eigenvalue weighted by Gasteiger charge is 2.65. The average Bonchev–Trinajstić information content (AvgIpc) is 2.63. The second kappa shape index (κ2) is 10.2. The second-order valence-corrected chi connectivity index (χ2v) is 8.06. The molecule has 0 spiro atoms. The molecule has 2 rings (SSSR count). The molecule has 0 saturated carbocycles. The standard InChI is InChI=1S/C17H25N3O8S.ClH/c1-9(2)26-16(24)28-10(3)27-14(22)17(18)12(21)20-6-11(8-29-13(17)20)7-25-15(23)19(4)5;/h6,9-10,13H,7-8,18H2,1-5H3;1H/t10?,13-,17?;/m0./s1. The lowest BCUT2D eigenvalue weighted by atomic mass is 9.89. The first-order valence-corrected chi connectivity index (χ1v) is 9.87. The van der Waals surface area contributed by atoms with E-state index >= 15 is 0 Å². The first-order chi connectivity index (χ1) is 13.5. The molecule has 2 amide bonds. The van der Waals surface area contributed by atoms with Gasteiger partial charge in [-0.1, -0.05) is 0 Å². The van der Waals surface area contributed by atoms with Crippen molar-refractivity contribution in [1.82, 2.24) is 9.80 Å². The lowest BCUT2D eigenvalue weighted by Gasteiger charge is -2.51. The fraction of sp³-hybridized carbons (Fsp3) is 0.647. The Kier molecular flexibility index (Phi) is 8.81. The normalized spacial score (nSPS) is 23.2. The molecule has 0 aliphatic carbocycles. The number of ether oxygens (including phenoxy) is 4. The quantitative estimate of drug-likeness (QED) is 0.198. The van der Waals surface area contributed by atoms with E-state index in [1.165, 1.54) is 34.7 Å². The Labute approximate surface area is 184 Å². The number of hydrogen-bond donors (Lipinski definition) is 1. The fourth-order valence-electron chi connectivity index (χ4n) is 2.52. The van der Waals surface area contributed by atoms with E-state index in [2.05, 4.69) is 0 Å². The predicted molar refractivity (Wildman–Crippen MR) is 109 cm³/mol. The zero-order chi connectivity index (χ0) is 21.9. The molecule has 0 aromatic heterocycles. The minimum atomic E-state index is -1.90. The zero-order valence-electron chi connectivity index (χ0n) is 17.3. The second-order valence-electron chi connectivity index (χ2n) is 6.99. The molecule has 3 atom stereocenters. The molecule has 2 heterocycles. The molecule has 0 radical (unpaired) electrons. The van der Waals surface area contributed by atoms with Crippen LogP contribution in [0.1, 0.15) is 20.8 Å². The van der Waals surface area contributed by atoms with E-state index in [9.17, 15) is 19.2 Å². The summed E-state index contributed by atoms with van der Waals surface area (Å²) in [5.41, 5.74) is 4.83. The maximum absolute atomic E-state index is 12.5. The number of amides is 2. The van der Waals surface area contributed by atoms with Gasteiger partial charge in [-0.3, -0.25) is 4.79 Å². The molecular weight excluding hydrogens is 442 g/mol. The molecule has 1 fully saturated rings. The SMILES string of the molecule is CC(C)OC(=O)OC(C)OC(=O)C1(N)C(=O)N2C=C(COC(=O)N(C)C)CS[C@H]21.Cl. The molecule has 2 aliphatic rings.